The van der Waals surface area contributed by atoms with Crippen molar-refractivity contribution in [2.24, 2.45) is 0 Å². The van der Waals surface area contributed by atoms with Gasteiger partial charge in [-0.3, -0.25) is 0 Å². The Morgan fingerprint density at radius 2 is 2.00 bits per heavy atom. The number of hydrogen-bond acceptors (Lipinski definition) is 7. The maximum absolute atomic E-state index is 12.6. The molecule has 0 atom stereocenters. The SMILES string of the molecule is CNc1cc(Sc2nc(C)ns2)nc(C(F)(F)F)n1. The van der Waals surface area contributed by atoms with Gasteiger partial charge in [0.1, 0.15) is 16.7 Å². The predicted molar refractivity (Wildman–Crippen MR) is 65.3 cm³/mol. The Morgan fingerprint density at radius 1 is 1.26 bits per heavy atom. The number of aromatic nitrogens is 4. The first kappa shape index (κ1) is 14.0. The third kappa shape index (κ3) is 3.53. The van der Waals surface area contributed by atoms with Crippen LogP contribution in [-0.2, 0) is 6.18 Å². The molecule has 0 unspecified atom stereocenters. The minimum Gasteiger partial charge on any atom is -0.373 e. The molecule has 0 aliphatic carbocycles. The average molecular weight is 307 g/mol. The van der Waals surface area contributed by atoms with E-state index in [-0.39, 0.29) is 10.8 Å². The summed E-state index contributed by atoms with van der Waals surface area (Å²) in [4.78, 5) is 10.9. The lowest BCUT2D eigenvalue weighted by Crippen LogP contribution is -2.12. The van der Waals surface area contributed by atoms with Crippen molar-refractivity contribution in [2.45, 2.75) is 22.5 Å². The van der Waals surface area contributed by atoms with E-state index >= 15 is 0 Å². The molecule has 10 heteroatoms. The Balaban J connectivity index is 2.34. The lowest BCUT2D eigenvalue weighted by Gasteiger charge is -2.08. The number of anilines is 1. The molecule has 5 nitrogen and oxygen atoms in total. The summed E-state index contributed by atoms with van der Waals surface area (Å²) in [6, 6.07) is 1.43. The standard InChI is InChI=1S/C9H8F3N5S2/c1-4-14-8(19-17-4)18-6-3-5(13-2)15-7(16-6)9(10,11)12/h3H,1-2H3,(H,13,15,16). The molecule has 0 bridgehead atoms. The van der Waals surface area contributed by atoms with Crippen LogP contribution in [0.25, 0.3) is 0 Å². The van der Waals surface area contributed by atoms with Gasteiger partial charge in [0.2, 0.25) is 5.82 Å². The van der Waals surface area contributed by atoms with Crippen LogP contribution < -0.4 is 5.32 Å². The van der Waals surface area contributed by atoms with E-state index in [1.807, 2.05) is 0 Å². The maximum atomic E-state index is 12.6. The molecule has 0 saturated carbocycles. The second-order valence-electron chi connectivity index (χ2n) is 3.37. The van der Waals surface area contributed by atoms with Crippen molar-refractivity contribution >= 4 is 29.1 Å². The normalized spacial score (nSPS) is 11.6. The van der Waals surface area contributed by atoms with Crippen LogP contribution in [0.3, 0.4) is 0 Å². The lowest BCUT2D eigenvalue weighted by atomic mass is 10.5. The molecule has 2 heterocycles. The predicted octanol–water partition coefficient (Wildman–Crippen LogP) is 2.85. The number of alkyl halides is 3. The van der Waals surface area contributed by atoms with Crippen LogP contribution >= 0.6 is 23.3 Å². The zero-order chi connectivity index (χ0) is 14.0. The highest BCUT2D eigenvalue weighted by Gasteiger charge is 2.35. The zero-order valence-electron chi connectivity index (χ0n) is 9.82. The van der Waals surface area contributed by atoms with E-state index in [1.165, 1.54) is 13.1 Å². The minimum atomic E-state index is -4.58. The number of aryl methyl sites for hydroxylation is 1. The van der Waals surface area contributed by atoms with Crippen molar-refractivity contribution in [1.29, 1.82) is 0 Å². The lowest BCUT2D eigenvalue weighted by molar-refractivity contribution is -0.145. The van der Waals surface area contributed by atoms with Gasteiger partial charge in [-0.15, -0.1) is 0 Å². The molecule has 102 valence electrons. The molecule has 0 radical (unpaired) electrons. The van der Waals surface area contributed by atoms with E-state index in [2.05, 4.69) is 24.6 Å². The van der Waals surface area contributed by atoms with Gasteiger partial charge in [0, 0.05) is 13.1 Å². The fraction of sp³-hybridized carbons (Fsp3) is 0.333. The summed E-state index contributed by atoms with van der Waals surface area (Å²) in [5.41, 5.74) is 0. The summed E-state index contributed by atoms with van der Waals surface area (Å²) >= 11 is 2.13. The molecule has 0 aliphatic rings. The largest absolute Gasteiger partial charge is 0.451 e. The van der Waals surface area contributed by atoms with Crippen LogP contribution in [0.15, 0.2) is 15.4 Å². The Hall–Kier alpha value is -1.42. The second kappa shape index (κ2) is 5.29. The Kier molecular flexibility index (Phi) is 3.90. The van der Waals surface area contributed by atoms with Gasteiger partial charge in [-0.2, -0.15) is 17.5 Å². The summed E-state index contributed by atoms with van der Waals surface area (Å²) in [7, 11) is 1.49. The molecular formula is C9H8F3N5S2. The molecule has 19 heavy (non-hydrogen) atoms. The van der Waals surface area contributed by atoms with Gasteiger partial charge in [0.25, 0.3) is 0 Å². The van der Waals surface area contributed by atoms with Crippen LogP contribution in [0.1, 0.15) is 11.6 Å². The quantitative estimate of drug-likeness (QED) is 0.880. The van der Waals surface area contributed by atoms with E-state index in [0.29, 0.717) is 10.2 Å². The molecule has 1 N–H and O–H groups in total. The second-order valence-corrected chi connectivity index (χ2v) is 5.39. The first-order valence-corrected chi connectivity index (χ1v) is 6.59. The van der Waals surface area contributed by atoms with Crippen LogP contribution in [0, 0.1) is 6.92 Å². The van der Waals surface area contributed by atoms with Gasteiger partial charge in [-0.25, -0.2) is 15.0 Å². The van der Waals surface area contributed by atoms with Crippen LogP contribution in [0.5, 0.6) is 0 Å². The fourth-order valence-corrected chi connectivity index (χ4v) is 2.74. The fourth-order valence-electron chi connectivity index (χ4n) is 1.14. The number of nitrogens with one attached hydrogen (secondary N) is 1. The van der Waals surface area contributed by atoms with E-state index in [4.69, 9.17) is 0 Å². The van der Waals surface area contributed by atoms with Crippen molar-refractivity contribution in [3.8, 4) is 0 Å². The molecule has 2 aromatic heterocycles. The van der Waals surface area contributed by atoms with E-state index in [1.54, 1.807) is 6.92 Å². The zero-order valence-corrected chi connectivity index (χ0v) is 11.4. The van der Waals surface area contributed by atoms with Crippen molar-refractivity contribution in [2.75, 3.05) is 12.4 Å². The van der Waals surface area contributed by atoms with Gasteiger partial charge < -0.3 is 5.32 Å². The molecule has 0 spiro atoms. The molecule has 0 aromatic carbocycles. The first-order chi connectivity index (χ1) is 8.88. The summed E-state index contributed by atoms with van der Waals surface area (Å²) in [5.74, 6) is -0.499. The van der Waals surface area contributed by atoms with Gasteiger partial charge >= 0.3 is 6.18 Å². The van der Waals surface area contributed by atoms with Crippen molar-refractivity contribution in [3.63, 3.8) is 0 Å². The highest BCUT2D eigenvalue weighted by molar-refractivity contribution is 8.00. The Labute approximate surface area is 114 Å². The van der Waals surface area contributed by atoms with Crippen LogP contribution in [0.4, 0.5) is 19.0 Å². The monoisotopic (exact) mass is 307 g/mol. The number of hydrogen-bond donors (Lipinski definition) is 1. The van der Waals surface area contributed by atoms with Crippen molar-refractivity contribution in [1.82, 2.24) is 19.3 Å². The van der Waals surface area contributed by atoms with E-state index in [9.17, 15) is 13.2 Å². The molecule has 2 aromatic rings. The molecular weight excluding hydrogens is 299 g/mol. The third-order valence-corrected chi connectivity index (χ3v) is 3.67. The van der Waals surface area contributed by atoms with Gasteiger partial charge in [-0.05, 0) is 30.2 Å². The van der Waals surface area contributed by atoms with Gasteiger partial charge in [0.05, 0.1) is 0 Å². The highest BCUT2D eigenvalue weighted by Crippen LogP contribution is 2.32. The van der Waals surface area contributed by atoms with Gasteiger partial charge in [0.15, 0.2) is 4.34 Å². The topological polar surface area (TPSA) is 63.6 Å². The van der Waals surface area contributed by atoms with E-state index in [0.717, 1.165) is 23.3 Å². The first-order valence-electron chi connectivity index (χ1n) is 5.00. The summed E-state index contributed by atoms with van der Waals surface area (Å²) in [5, 5.41) is 2.74. The van der Waals surface area contributed by atoms with Crippen LogP contribution in [0.2, 0.25) is 0 Å². The van der Waals surface area contributed by atoms with Gasteiger partial charge in [-0.1, -0.05) is 0 Å². The smallest absolute Gasteiger partial charge is 0.373 e. The highest BCUT2D eigenvalue weighted by atomic mass is 32.2. The Morgan fingerprint density at radius 3 is 2.53 bits per heavy atom. The number of rotatable bonds is 3. The average Bonchev–Trinajstić information content (AvgIpc) is 2.73. The Bertz CT molecular complexity index is 583. The summed E-state index contributed by atoms with van der Waals surface area (Å²) in [6.45, 7) is 1.71. The summed E-state index contributed by atoms with van der Waals surface area (Å²) < 4.78 is 42.4. The molecule has 0 fully saturated rings. The van der Waals surface area contributed by atoms with E-state index < -0.39 is 12.0 Å². The maximum Gasteiger partial charge on any atom is 0.451 e. The number of nitrogens with zero attached hydrogens (tertiary/aromatic N) is 4. The van der Waals surface area contributed by atoms with Crippen LogP contribution in [-0.4, -0.2) is 26.4 Å². The summed E-state index contributed by atoms with van der Waals surface area (Å²) in [6.07, 6.45) is -4.58. The van der Waals surface area contributed by atoms with Crippen molar-refractivity contribution in [3.05, 3.63) is 17.7 Å². The van der Waals surface area contributed by atoms with Crippen molar-refractivity contribution < 1.29 is 13.2 Å². The third-order valence-electron chi connectivity index (χ3n) is 1.91. The molecule has 0 aliphatic heterocycles. The molecule has 0 saturated heterocycles. The number of halogens is 3. The molecule has 2 rings (SSSR count). The molecule has 0 amide bonds. The minimum absolute atomic E-state index is 0.103.